The number of carbonyl (C=O) groups is 1. The average molecular weight is 846 g/mol. The van der Waals surface area contributed by atoms with Crippen LogP contribution in [0.5, 0.6) is 0 Å². The number of hydrogen-bond donors (Lipinski definition) is 2. The van der Waals surface area contributed by atoms with Gasteiger partial charge in [0.05, 0.1) is 19.8 Å². The van der Waals surface area contributed by atoms with E-state index in [9.17, 15) is 14.3 Å². The van der Waals surface area contributed by atoms with E-state index >= 15 is 0 Å². The van der Waals surface area contributed by atoms with Gasteiger partial charge in [-0.3, -0.25) is 13.8 Å². The number of esters is 1. The van der Waals surface area contributed by atoms with Gasteiger partial charge in [-0.25, -0.2) is 4.57 Å². The van der Waals surface area contributed by atoms with Crippen LogP contribution in [0.15, 0.2) is 85.1 Å². The minimum atomic E-state index is -4.29. The van der Waals surface area contributed by atoms with Gasteiger partial charge in [-0.15, -0.1) is 0 Å². The van der Waals surface area contributed by atoms with Crippen LogP contribution in [-0.2, 0) is 27.9 Å². The Labute approximate surface area is 362 Å². The summed E-state index contributed by atoms with van der Waals surface area (Å²) in [4.78, 5) is 22.5. The van der Waals surface area contributed by atoms with Crippen LogP contribution in [0.2, 0.25) is 0 Å². The van der Waals surface area contributed by atoms with E-state index in [-0.39, 0.29) is 32.3 Å². The van der Waals surface area contributed by atoms with Gasteiger partial charge in [0.15, 0.2) is 0 Å². The molecule has 340 valence electrons. The second-order valence-electron chi connectivity index (χ2n) is 15.2. The number of allylic oxidation sites excluding steroid dienone is 14. The Morgan fingerprint density at radius 3 is 1.42 bits per heavy atom. The summed E-state index contributed by atoms with van der Waals surface area (Å²) in [5.74, 6) is -0.344. The third-order valence-corrected chi connectivity index (χ3v) is 10.5. The first-order valence-electron chi connectivity index (χ1n) is 23.6. The molecule has 2 atom stereocenters. The fourth-order valence-electron chi connectivity index (χ4n) is 6.10. The summed E-state index contributed by atoms with van der Waals surface area (Å²) >= 11 is 0. The van der Waals surface area contributed by atoms with Crippen molar-refractivity contribution in [1.82, 2.24) is 0 Å². The van der Waals surface area contributed by atoms with E-state index in [1.807, 2.05) is 0 Å². The van der Waals surface area contributed by atoms with Gasteiger partial charge in [-0.2, -0.15) is 0 Å². The van der Waals surface area contributed by atoms with Gasteiger partial charge >= 0.3 is 13.8 Å². The third-order valence-electron chi connectivity index (χ3n) is 9.55. The van der Waals surface area contributed by atoms with Gasteiger partial charge in [-0.05, 0) is 83.5 Å². The number of phosphoric ester groups is 1. The molecule has 0 fully saturated rings. The van der Waals surface area contributed by atoms with Crippen LogP contribution in [0.25, 0.3) is 0 Å². The lowest BCUT2D eigenvalue weighted by atomic mass is 10.1. The predicted molar refractivity (Wildman–Crippen MR) is 251 cm³/mol. The zero-order chi connectivity index (χ0) is 43.0. The monoisotopic (exact) mass is 846 g/mol. The summed E-state index contributed by atoms with van der Waals surface area (Å²) in [6.45, 7) is 4.73. The van der Waals surface area contributed by atoms with Gasteiger partial charge in [0, 0.05) is 19.6 Å². The molecule has 0 aromatic heterocycles. The molecule has 9 heteroatoms. The van der Waals surface area contributed by atoms with Crippen LogP contribution < -0.4 is 5.73 Å². The molecule has 0 aromatic rings. The smallest absolute Gasteiger partial charge is 0.457 e. The molecule has 0 radical (unpaired) electrons. The molecule has 0 rings (SSSR count). The molecule has 0 spiro atoms. The third kappa shape index (κ3) is 46.6. The quantitative estimate of drug-likeness (QED) is 0.0269. The van der Waals surface area contributed by atoms with Gasteiger partial charge in [0.25, 0.3) is 0 Å². The van der Waals surface area contributed by atoms with Crippen molar-refractivity contribution in [1.29, 1.82) is 0 Å². The van der Waals surface area contributed by atoms with Crippen molar-refractivity contribution >= 4 is 13.8 Å². The van der Waals surface area contributed by atoms with Crippen molar-refractivity contribution in [3.8, 4) is 0 Å². The topological polar surface area (TPSA) is 117 Å². The van der Waals surface area contributed by atoms with Crippen LogP contribution >= 0.6 is 7.82 Å². The zero-order valence-corrected chi connectivity index (χ0v) is 38.6. The molecule has 0 aliphatic carbocycles. The number of ether oxygens (including phenoxy) is 2. The van der Waals surface area contributed by atoms with Crippen molar-refractivity contribution in [2.75, 3.05) is 33.0 Å². The second-order valence-corrected chi connectivity index (χ2v) is 16.7. The van der Waals surface area contributed by atoms with E-state index in [2.05, 4.69) is 98.9 Å². The van der Waals surface area contributed by atoms with Crippen molar-refractivity contribution < 1.29 is 32.8 Å². The molecule has 3 N–H and O–H groups in total. The van der Waals surface area contributed by atoms with E-state index in [0.29, 0.717) is 13.0 Å². The van der Waals surface area contributed by atoms with E-state index in [1.165, 1.54) is 77.0 Å². The van der Waals surface area contributed by atoms with E-state index < -0.39 is 13.9 Å². The molecule has 0 aliphatic heterocycles. The fourth-order valence-corrected chi connectivity index (χ4v) is 6.86. The van der Waals surface area contributed by atoms with Crippen LogP contribution in [0.4, 0.5) is 0 Å². The minimum absolute atomic E-state index is 0.0932. The first-order valence-corrected chi connectivity index (χ1v) is 25.1. The van der Waals surface area contributed by atoms with Crippen molar-refractivity contribution in [3.05, 3.63) is 85.1 Å². The number of rotatable bonds is 44. The van der Waals surface area contributed by atoms with Crippen LogP contribution in [0, 0.1) is 0 Å². The lowest BCUT2D eigenvalue weighted by Crippen LogP contribution is -2.28. The SMILES string of the molecule is CC/C=C\C/C=C\C/C=C\C/C=C\C/C=C\CCCCCCCCCCCC(=O)OC(COCCCCCCCC/C=C\C/C=C\CCCC)COP(=O)(O)OCCN. The Kier molecular flexibility index (Phi) is 44.9. The summed E-state index contributed by atoms with van der Waals surface area (Å²) in [7, 11) is -4.29. The number of hydrogen-bond acceptors (Lipinski definition) is 7. The average Bonchev–Trinajstić information content (AvgIpc) is 3.23. The summed E-state index contributed by atoms with van der Waals surface area (Å²) in [5, 5.41) is 0. The van der Waals surface area contributed by atoms with Crippen LogP contribution in [-0.4, -0.2) is 49.9 Å². The molecule has 8 nitrogen and oxygen atoms in total. The molecule has 0 amide bonds. The Morgan fingerprint density at radius 2 is 0.949 bits per heavy atom. The standard InChI is InChI=1S/C50H88NO7P/c1-3-5-7-9-11-13-15-17-19-20-21-22-23-24-25-26-27-28-29-31-33-35-37-39-41-43-50(52)58-49(48-57-59(53,54)56-46-44-51)47-55-45-42-40-38-36-34-32-30-18-16-14-12-10-8-6-4-2/h5,7,10-13,16-19,21-22,24-25,49H,3-4,6,8-9,14-15,20,23,26-48,51H2,1-2H3,(H,53,54)/b7-5-,12-10-,13-11-,18-16-,19-17-,22-21-,25-24-. The molecule has 0 saturated carbocycles. The Morgan fingerprint density at radius 1 is 0.525 bits per heavy atom. The molecule has 0 bridgehead atoms. The Hall–Kier alpha value is -2.32. The van der Waals surface area contributed by atoms with E-state index in [0.717, 1.165) is 89.9 Å². The zero-order valence-electron chi connectivity index (χ0n) is 37.7. The number of nitrogens with two attached hydrogens (primary N) is 1. The molecule has 0 heterocycles. The van der Waals surface area contributed by atoms with Crippen molar-refractivity contribution in [2.45, 2.75) is 193 Å². The molecule has 0 aliphatic rings. The molecule has 59 heavy (non-hydrogen) atoms. The normalized spacial score (nSPS) is 14.2. The molecule has 2 unspecified atom stereocenters. The number of carbonyl (C=O) groups excluding carboxylic acids is 1. The predicted octanol–water partition coefficient (Wildman–Crippen LogP) is 14.5. The summed E-state index contributed by atoms with van der Waals surface area (Å²) in [6, 6.07) is 0. The van der Waals surface area contributed by atoms with Gasteiger partial charge in [0.2, 0.25) is 0 Å². The highest BCUT2D eigenvalue weighted by Gasteiger charge is 2.25. The molecule has 0 aromatic carbocycles. The maximum atomic E-state index is 12.6. The highest BCUT2D eigenvalue weighted by atomic mass is 31.2. The van der Waals surface area contributed by atoms with E-state index in [1.54, 1.807) is 0 Å². The number of phosphoric acid groups is 1. The summed E-state index contributed by atoms with van der Waals surface area (Å²) in [6.07, 6.45) is 60.3. The van der Waals surface area contributed by atoms with Gasteiger partial charge in [-0.1, -0.05) is 182 Å². The van der Waals surface area contributed by atoms with Crippen molar-refractivity contribution in [3.63, 3.8) is 0 Å². The summed E-state index contributed by atoms with van der Waals surface area (Å²) in [5.41, 5.74) is 5.38. The van der Waals surface area contributed by atoms with E-state index in [4.69, 9.17) is 24.3 Å². The molecule has 0 saturated heterocycles. The first-order chi connectivity index (χ1) is 28.9. The van der Waals surface area contributed by atoms with Crippen LogP contribution in [0.3, 0.4) is 0 Å². The largest absolute Gasteiger partial charge is 0.472 e. The lowest BCUT2D eigenvalue weighted by molar-refractivity contribution is -0.154. The van der Waals surface area contributed by atoms with Crippen molar-refractivity contribution in [2.24, 2.45) is 5.73 Å². The lowest BCUT2D eigenvalue weighted by Gasteiger charge is -2.20. The van der Waals surface area contributed by atoms with Crippen LogP contribution in [0.1, 0.15) is 187 Å². The van der Waals surface area contributed by atoms with Gasteiger partial charge < -0.3 is 20.1 Å². The molecular formula is C50H88NO7P. The highest BCUT2D eigenvalue weighted by molar-refractivity contribution is 7.47. The minimum Gasteiger partial charge on any atom is -0.457 e. The highest BCUT2D eigenvalue weighted by Crippen LogP contribution is 2.43. The summed E-state index contributed by atoms with van der Waals surface area (Å²) < 4.78 is 33.5. The maximum Gasteiger partial charge on any atom is 0.472 e. The second kappa shape index (κ2) is 46.7. The Balaban J connectivity index is 4.01. The first kappa shape index (κ1) is 56.7. The number of unbranched alkanes of at least 4 members (excludes halogenated alkanes) is 17. The Bertz CT molecular complexity index is 1180. The fraction of sp³-hybridized carbons (Fsp3) is 0.700. The maximum absolute atomic E-state index is 12.6. The molecular weight excluding hydrogens is 758 g/mol. The van der Waals surface area contributed by atoms with Gasteiger partial charge in [0.1, 0.15) is 6.10 Å².